The molecule has 82 valence electrons. The average molecular weight is 218 g/mol. The molecule has 0 saturated carbocycles. The van der Waals surface area contributed by atoms with Crippen molar-refractivity contribution in [3.05, 3.63) is 27.4 Å². The van der Waals surface area contributed by atoms with E-state index in [-0.39, 0.29) is 11.3 Å². The molecule has 0 bridgehead atoms. The third-order valence-corrected chi connectivity index (χ3v) is 1.83. The van der Waals surface area contributed by atoms with Crippen molar-refractivity contribution in [1.29, 1.82) is 0 Å². The lowest BCUT2D eigenvalue weighted by atomic mass is 10.1. The van der Waals surface area contributed by atoms with Gasteiger partial charge in [-0.1, -0.05) is 0 Å². The van der Waals surface area contributed by atoms with Crippen LogP contribution < -0.4 is 11.5 Å². The minimum atomic E-state index is -2.91. The number of pyridine rings is 1. The fraction of sp³-hybridized carbons (Fsp3) is 0.286. The van der Waals surface area contributed by atoms with E-state index in [1.165, 1.54) is 0 Å². The third-order valence-electron chi connectivity index (χ3n) is 1.83. The van der Waals surface area contributed by atoms with Crippen molar-refractivity contribution in [1.82, 2.24) is 4.98 Å². The minimum Gasteiger partial charge on any atom is -0.395 e. The number of nitrogens with two attached hydrogens (primary N) is 2. The van der Waals surface area contributed by atoms with E-state index in [1.54, 1.807) is 0 Å². The predicted molar refractivity (Wildman–Crippen MR) is 48.2 cm³/mol. The standard InChI is InChI=1S/C7H8F2N4O2/c8-6(9)5-3(1-10)7(13(14)15)12-2-4(5)11/h2,6H,1,10-11H2. The smallest absolute Gasteiger partial charge is 0.368 e. The Morgan fingerprint density at radius 2 is 2.20 bits per heavy atom. The molecule has 0 aliphatic heterocycles. The average Bonchev–Trinajstić information content (AvgIpc) is 2.15. The van der Waals surface area contributed by atoms with Crippen LogP contribution in [0.4, 0.5) is 20.3 Å². The maximum atomic E-state index is 12.5. The lowest BCUT2D eigenvalue weighted by molar-refractivity contribution is -0.390. The predicted octanol–water partition coefficient (Wildman–Crippen LogP) is 0.968. The van der Waals surface area contributed by atoms with Gasteiger partial charge in [0.25, 0.3) is 6.43 Å². The summed E-state index contributed by atoms with van der Waals surface area (Å²) in [6, 6.07) is 0. The fourth-order valence-electron chi connectivity index (χ4n) is 1.19. The molecule has 0 unspecified atom stereocenters. The first-order valence-electron chi connectivity index (χ1n) is 3.88. The van der Waals surface area contributed by atoms with Crippen molar-refractivity contribution in [2.24, 2.45) is 5.73 Å². The molecule has 0 spiro atoms. The summed E-state index contributed by atoms with van der Waals surface area (Å²) in [5.74, 6) is -0.679. The van der Waals surface area contributed by atoms with Gasteiger partial charge in [0.15, 0.2) is 6.20 Å². The maximum absolute atomic E-state index is 12.5. The van der Waals surface area contributed by atoms with Crippen molar-refractivity contribution in [3.8, 4) is 0 Å². The number of halogens is 2. The molecule has 0 amide bonds. The van der Waals surface area contributed by atoms with Crippen LogP contribution in [-0.2, 0) is 6.54 Å². The maximum Gasteiger partial charge on any atom is 0.368 e. The third kappa shape index (κ3) is 1.99. The van der Waals surface area contributed by atoms with E-state index in [9.17, 15) is 18.9 Å². The van der Waals surface area contributed by atoms with Gasteiger partial charge >= 0.3 is 5.82 Å². The summed E-state index contributed by atoms with van der Waals surface area (Å²) < 4.78 is 25.1. The Morgan fingerprint density at radius 3 is 2.60 bits per heavy atom. The van der Waals surface area contributed by atoms with Gasteiger partial charge in [0.05, 0.1) is 16.8 Å². The molecular weight excluding hydrogens is 210 g/mol. The first-order chi connectivity index (χ1) is 6.99. The summed E-state index contributed by atoms with van der Waals surface area (Å²) in [5, 5.41) is 10.5. The quantitative estimate of drug-likeness (QED) is 0.580. The SMILES string of the molecule is NCc1c([N+](=O)[O-])ncc(N)c1C(F)F. The lowest BCUT2D eigenvalue weighted by Gasteiger charge is -2.08. The number of rotatable bonds is 3. The number of alkyl halides is 2. The van der Waals surface area contributed by atoms with Crippen molar-refractivity contribution in [3.63, 3.8) is 0 Å². The molecule has 1 aromatic heterocycles. The molecular formula is C7H8F2N4O2. The number of nitrogens with zero attached hydrogens (tertiary/aromatic N) is 2. The van der Waals surface area contributed by atoms with Crippen LogP contribution >= 0.6 is 0 Å². The molecule has 0 aliphatic rings. The molecule has 1 aromatic rings. The van der Waals surface area contributed by atoms with E-state index < -0.39 is 29.3 Å². The van der Waals surface area contributed by atoms with Crippen LogP contribution in [-0.4, -0.2) is 9.91 Å². The summed E-state index contributed by atoms with van der Waals surface area (Å²) in [6.45, 7) is -0.409. The molecule has 0 radical (unpaired) electrons. The first-order valence-corrected chi connectivity index (χ1v) is 3.88. The van der Waals surface area contributed by atoms with Gasteiger partial charge in [-0.3, -0.25) is 0 Å². The molecule has 15 heavy (non-hydrogen) atoms. The zero-order chi connectivity index (χ0) is 11.6. The normalized spacial score (nSPS) is 10.7. The van der Waals surface area contributed by atoms with Crippen LogP contribution in [0.2, 0.25) is 0 Å². The van der Waals surface area contributed by atoms with Gasteiger partial charge in [-0.2, -0.15) is 0 Å². The van der Waals surface area contributed by atoms with E-state index >= 15 is 0 Å². The molecule has 0 fully saturated rings. The van der Waals surface area contributed by atoms with Crippen molar-refractivity contribution in [2.75, 3.05) is 5.73 Å². The Labute approximate surface area is 83.0 Å². The van der Waals surface area contributed by atoms with Gasteiger partial charge in [0.2, 0.25) is 0 Å². The highest BCUT2D eigenvalue weighted by Gasteiger charge is 2.26. The fourth-order valence-corrected chi connectivity index (χ4v) is 1.19. The minimum absolute atomic E-state index is 0.295. The molecule has 0 saturated heterocycles. The second-order valence-electron chi connectivity index (χ2n) is 2.69. The lowest BCUT2D eigenvalue weighted by Crippen LogP contribution is -2.10. The molecule has 6 nitrogen and oxygen atoms in total. The van der Waals surface area contributed by atoms with E-state index in [0.29, 0.717) is 0 Å². The van der Waals surface area contributed by atoms with Crippen LogP contribution in [0, 0.1) is 10.1 Å². The highest BCUT2D eigenvalue weighted by molar-refractivity contribution is 5.55. The Bertz CT molecular complexity index is 397. The monoisotopic (exact) mass is 218 g/mol. The van der Waals surface area contributed by atoms with Crippen molar-refractivity contribution < 1.29 is 13.7 Å². The molecule has 0 atom stereocenters. The number of nitro groups is 1. The number of aromatic nitrogens is 1. The van der Waals surface area contributed by atoms with Crippen LogP contribution in [0.5, 0.6) is 0 Å². The molecule has 1 rings (SSSR count). The van der Waals surface area contributed by atoms with E-state index in [0.717, 1.165) is 6.20 Å². The van der Waals surface area contributed by atoms with Gasteiger partial charge in [-0.25, -0.2) is 8.78 Å². The second-order valence-corrected chi connectivity index (χ2v) is 2.69. The number of hydrogen-bond donors (Lipinski definition) is 2. The van der Waals surface area contributed by atoms with Gasteiger partial charge < -0.3 is 21.6 Å². The number of anilines is 1. The summed E-state index contributed by atoms with van der Waals surface area (Å²) >= 11 is 0. The Hall–Kier alpha value is -1.83. The molecule has 8 heteroatoms. The van der Waals surface area contributed by atoms with E-state index in [4.69, 9.17) is 11.5 Å². The van der Waals surface area contributed by atoms with E-state index in [1.807, 2.05) is 0 Å². The largest absolute Gasteiger partial charge is 0.395 e. The second kappa shape index (κ2) is 4.13. The molecule has 4 N–H and O–H groups in total. The summed E-state index contributed by atoms with van der Waals surface area (Å²) in [7, 11) is 0. The van der Waals surface area contributed by atoms with Crippen LogP contribution in [0.15, 0.2) is 6.20 Å². The summed E-state index contributed by atoms with van der Waals surface area (Å²) in [6.07, 6.45) is -2.08. The topological polar surface area (TPSA) is 108 Å². The van der Waals surface area contributed by atoms with Gasteiger partial charge in [-0.05, 0) is 9.91 Å². The van der Waals surface area contributed by atoms with Crippen molar-refractivity contribution in [2.45, 2.75) is 13.0 Å². The number of nitrogen functional groups attached to an aromatic ring is 1. The number of hydrogen-bond acceptors (Lipinski definition) is 5. The van der Waals surface area contributed by atoms with Gasteiger partial charge in [0, 0.05) is 6.54 Å². The van der Waals surface area contributed by atoms with Crippen molar-refractivity contribution >= 4 is 11.5 Å². The Balaban J connectivity index is 3.47. The van der Waals surface area contributed by atoms with E-state index in [2.05, 4.69) is 4.98 Å². The zero-order valence-electron chi connectivity index (χ0n) is 7.48. The Kier molecular flexibility index (Phi) is 3.10. The highest BCUT2D eigenvalue weighted by Crippen LogP contribution is 2.32. The molecule has 0 aromatic carbocycles. The molecule has 1 heterocycles. The highest BCUT2D eigenvalue weighted by atomic mass is 19.3. The summed E-state index contributed by atoms with van der Waals surface area (Å²) in [5.41, 5.74) is 9.18. The van der Waals surface area contributed by atoms with Crippen LogP contribution in [0.1, 0.15) is 17.6 Å². The first kappa shape index (κ1) is 11.2. The van der Waals surface area contributed by atoms with Gasteiger partial charge in [0.1, 0.15) is 0 Å². The van der Waals surface area contributed by atoms with Crippen LogP contribution in [0.3, 0.4) is 0 Å². The van der Waals surface area contributed by atoms with Gasteiger partial charge in [-0.15, -0.1) is 0 Å². The zero-order valence-corrected chi connectivity index (χ0v) is 7.48. The summed E-state index contributed by atoms with van der Waals surface area (Å²) in [4.78, 5) is 13.0. The van der Waals surface area contributed by atoms with Crippen LogP contribution in [0.25, 0.3) is 0 Å². The molecule has 0 aliphatic carbocycles. The Morgan fingerprint density at radius 1 is 1.60 bits per heavy atom.